The van der Waals surface area contributed by atoms with E-state index in [1.165, 1.54) is 0 Å². The van der Waals surface area contributed by atoms with Gasteiger partial charge in [-0.15, -0.1) is 0 Å². The van der Waals surface area contributed by atoms with Crippen molar-refractivity contribution >= 4 is 5.69 Å². The van der Waals surface area contributed by atoms with Gasteiger partial charge < -0.3 is 15.5 Å². The number of nitrogens with one attached hydrogen (secondary N) is 1. The molecule has 1 unspecified atom stereocenters. The van der Waals surface area contributed by atoms with Crippen molar-refractivity contribution in [1.82, 2.24) is 0 Å². The van der Waals surface area contributed by atoms with Crippen molar-refractivity contribution in [3.05, 3.63) is 23.8 Å². The van der Waals surface area contributed by atoms with Gasteiger partial charge in [-0.3, -0.25) is 0 Å². The summed E-state index contributed by atoms with van der Waals surface area (Å²) in [6, 6.07) is 5.48. The van der Waals surface area contributed by atoms with Crippen LogP contribution < -0.4 is 5.32 Å². The Kier molecular flexibility index (Phi) is 2.35. The number of fused-ring (bicyclic) bond motifs is 1. The number of phenolic OH excluding ortho intramolecular Hbond substituents is 1. The number of hydrogen-bond donors (Lipinski definition) is 3. The SMILES string of the molecule is CC(C)(O)CC1CNc2cccc(O)c21. The summed E-state index contributed by atoms with van der Waals surface area (Å²) in [7, 11) is 0. The maximum absolute atomic E-state index is 9.79. The smallest absolute Gasteiger partial charge is 0.121 e. The highest BCUT2D eigenvalue weighted by molar-refractivity contribution is 5.63. The highest BCUT2D eigenvalue weighted by Gasteiger charge is 2.29. The molecule has 0 spiro atoms. The molecule has 3 nitrogen and oxygen atoms in total. The fraction of sp³-hybridized carbons (Fsp3) is 0.500. The number of aromatic hydroxyl groups is 1. The molecule has 1 aliphatic rings. The standard InChI is InChI=1S/C12H17NO2/c1-12(2,15)6-8-7-13-9-4-3-5-10(14)11(8)9/h3-5,8,13-15H,6-7H2,1-2H3. The first-order valence-electron chi connectivity index (χ1n) is 5.25. The Morgan fingerprint density at radius 3 is 2.87 bits per heavy atom. The molecule has 1 atom stereocenters. The average molecular weight is 207 g/mol. The lowest BCUT2D eigenvalue weighted by Crippen LogP contribution is -2.23. The molecule has 15 heavy (non-hydrogen) atoms. The molecule has 0 radical (unpaired) electrons. The fourth-order valence-electron chi connectivity index (χ4n) is 2.25. The molecule has 0 fully saturated rings. The van der Waals surface area contributed by atoms with Crippen LogP contribution in [0, 0.1) is 0 Å². The van der Waals surface area contributed by atoms with Crippen molar-refractivity contribution in [2.24, 2.45) is 0 Å². The van der Waals surface area contributed by atoms with Gasteiger partial charge in [0.05, 0.1) is 5.60 Å². The van der Waals surface area contributed by atoms with E-state index in [4.69, 9.17) is 0 Å². The molecule has 1 heterocycles. The Bertz CT molecular complexity index is 368. The molecule has 1 aromatic carbocycles. The summed E-state index contributed by atoms with van der Waals surface area (Å²) < 4.78 is 0. The van der Waals surface area contributed by atoms with Gasteiger partial charge in [-0.1, -0.05) is 6.07 Å². The van der Waals surface area contributed by atoms with Gasteiger partial charge in [-0.25, -0.2) is 0 Å². The summed E-state index contributed by atoms with van der Waals surface area (Å²) in [5, 5.41) is 22.8. The second kappa shape index (κ2) is 3.42. The molecule has 0 saturated carbocycles. The monoisotopic (exact) mass is 207 g/mol. The molecule has 82 valence electrons. The van der Waals surface area contributed by atoms with Gasteiger partial charge in [-0.2, -0.15) is 0 Å². The number of aliphatic hydroxyl groups is 1. The Labute approximate surface area is 89.8 Å². The third kappa shape index (κ3) is 2.07. The number of anilines is 1. The van der Waals surface area contributed by atoms with Crippen molar-refractivity contribution in [2.45, 2.75) is 31.8 Å². The highest BCUT2D eigenvalue weighted by atomic mass is 16.3. The summed E-state index contributed by atoms with van der Waals surface area (Å²) in [5.41, 5.74) is 1.24. The van der Waals surface area contributed by atoms with Gasteiger partial charge in [0, 0.05) is 23.7 Å². The van der Waals surface area contributed by atoms with Crippen molar-refractivity contribution in [2.75, 3.05) is 11.9 Å². The van der Waals surface area contributed by atoms with Crippen LogP contribution in [0.4, 0.5) is 5.69 Å². The summed E-state index contributed by atoms with van der Waals surface area (Å²) in [4.78, 5) is 0. The molecular weight excluding hydrogens is 190 g/mol. The van der Waals surface area contributed by atoms with E-state index in [1.807, 2.05) is 12.1 Å². The van der Waals surface area contributed by atoms with E-state index < -0.39 is 5.60 Å². The molecule has 0 saturated heterocycles. The normalized spacial score (nSPS) is 19.8. The van der Waals surface area contributed by atoms with Gasteiger partial charge in [0.1, 0.15) is 5.75 Å². The van der Waals surface area contributed by atoms with Crippen molar-refractivity contribution in [1.29, 1.82) is 0 Å². The van der Waals surface area contributed by atoms with Crippen LogP contribution in [0.2, 0.25) is 0 Å². The van der Waals surface area contributed by atoms with Gasteiger partial charge in [-0.05, 0) is 32.4 Å². The van der Waals surface area contributed by atoms with E-state index in [-0.39, 0.29) is 5.92 Å². The highest BCUT2D eigenvalue weighted by Crippen LogP contribution is 2.41. The summed E-state index contributed by atoms with van der Waals surface area (Å²) >= 11 is 0. The zero-order valence-corrected chi connectivity index (χ0v) is 9.12. The van der Waals surface area contributed by atoms with Crippen LogP contribution in [0.15, 0.2) is 18.2 Å². The lowest BCUT2D eigenvalue weighted by molar-refractivity contribution is 0.0646. The molecular formula is C12H17NO2. The molecule has 0 amide bonds. The van der Waals surface area contributed by atoms with Crippen LogP contribution in [0.1, 0.15) is 31.7 Å². The molecule has 3 N–H and O–H groups in total. The van der Waals surface area contributed by atoms with E-state index in [0.717, 1.165) is 17.8 Å². The van der Waals surface area contributed by atoms with E-state index in [1.54, 1.807) is 19.9 Å². The summed E-state index contributed by atoms with van der Waals surface area (Å²) in [5.74, 6) is 0.521. The van der Waals surface area contributed by atoms with E-state index in [2.05, 4.69) is 5.32 Å². The van der Waals surface area contributed by atoms with Crippen LogP contribution >= 0.6 is 0 Å². The third-order valence-electron chi connectivity index (χ3n) is 2.78. The van der Waals surface area contributed by atoms with Crippen molar-refractivity contribution in [3.63, 3.8) is 0 Å². The number of benzene rings is 1. The first kappa shape index (κ1) is 10.3. The van der Waals surface area contributed by atoms with Gasteiger partial charge in [0.25, 0.3) is 0 Å². The maximum atomic E-state index is 9.79. The van der Waals surface area contributed by atoms with Crippen LogP contribution in [0.3, 0.4) is 0 Å². The minimum atomic E-state index is -0.698. The number of rotatable bonds is 2. The van der Waals surface area contributed by atoms with Crippen LogP contribution in [0.25, 0.3) is 0 Å². The fourth-order valence-corrected chi connectivity index (χ4v) is 2.25. The van der Waals surface area contributed by atoms with Crippen LogP contribution in [-0.2, 0) is 0 Å². The molecule has 3 heteroatoms. The number of phenols is 1. The van der Waals surface area contributed by atoms with Crippen LogP contribution in [-0.4, -0.2) is 22.4 Å². The summed E-state index contributed by atoms with van der Waals surface area (Å²) in [6.07, 6.45) is 0.657. The summed E-state index contributed by atoms with van der Waals surface area (Å²) in [6.45, 7) is 4.38. The topological polar surface area (TPSA) is 52.5 Å². The largest absolute Gasteiger partial charge is 0.508 e. The Morgan fingerprint density at radius 1 is 1.47 bits per heavy atom. The zero-order valence-electron chi connectivity index (χ0n) is 9.12. The average Bonchev–Trinajstić information content (AvgIpc) is 2.47. The predicted molar refractivity (Wildman–Crippen MR) is 60.3 cm³/mol. The molecule has 1 aromatic rings. The molecule has 0 bridgehead atoms. The first-order valence-corrected chi connectivity index (χ1v) is 5.25. The van der Waals surface area contributed by atoms with Crippen LogP contribution in [0.5, 0.6) is 5.75 Å². The van der Waals surface area contributed by atoms with Gasteiger partial charge in [0.2, 0.25) is 0 Å². The van der Waals surface area contributed by atoms with Crippen molar-refractivity contribution < 1.29 is 10.2 Å². The predicted octanol–water partition coefficient (Wildman–Crippen LogP) is 2.06. The first-order chi connectivity index (χ1) is 6.97. The quantitative estimate of drug-likeness (QED) is 0.695. The van der Waals surface area contributed by atoms with Crippen molar-refractivity contribution in [3.8, 4) is 5.75 Å². The molecule has 1 aliphatic heterocycles. The van der Waals surface area contributed by atoms with Gasteiger partial charge in [0.15, 0.2) is 0 Å². The molecule has 0 aliphatic carbocycles. The Balaban J connectivity index is 2.28. The van der Waals surface area contributed by atoms with E-state index in [9.17, 15) is 10.2 Å². The minimum Gasteiger partial charge on any atom is -0.508 e. The lowest BCUT2D eigenvalue weighted by atomic mass is 9.89. The Hall–Kier alpha value is -1.22. The second-order valence-corrected chi connectivity index (χ2v) is 4.83. The minimum absolute atomic E-state index is 0.196. The second-order valence-electron chi connectivity index (χ2n) is 4.83. The third-order valence-corrected chi connectivity index (χ3v) is 2.78. The number of hydrogen-bond acceptors (Lipinski definition) is 3. The zero-order chi connectivity index (χ0) is 11.1. The van der Waals surface area contributed by atoms with E-state index >= 15 is 0 Å². The van der Waals surface area contributed by atoms with Gasteiger partial charge >= 0.3 is 0 Å². The molecule has 2 rings (SSSR count). The Morgan fingerprint density at radius 2 is 2.20 bits per heavy atom. The molecule has 0 aromatic heterocycles. The lowest BCUT2D eigenvalue weighted by Gasteiger charge is -2.22. The van der Waals surface area contributed by atoms with E-state index in [0.29, 0.717) is 12.2 Å². The maximum Gasteiger partial charge on any atom is 0.121 e.